The zero-order chi connectivity index (χ0) is 11.6. The first-order valence-electron chi connectivity index (χ1n) is 6.78. The second-order valence-corrected chi connectivity index (χ2v) is 5.98. The van der Waals surface area contributed by atoms with Crippen LogP contribution < -0.4 is 0 Å². The Balaban J connectivity index is 1.63. The molecule has 2 bridgehead atoms. The van der Waals surface area contributed by atoms with E-state index in [1.54, 1.807) is 0 Å². The van der Waals surface area contributed by atoms with Gasteiger partial charge in [-0.15, -0.1) is 0 Å². The average molecular weight is 234 g/mol. The minimum absolute atomic E-state index is 0.00912. The van der Waals surface area contributed by atoms with Crippen LogP contribution in [0.5, 0.6) is 0 Å². The van der Waals surface area contributed by atoms with Gasteiger partial charge < -0.3 is 9.47 Å². The molecule has 92 valence electrons. The van der Waals surface area contributed by atoms with Crippen molar-refractivity contribution in [2.24, 2.45) is 23.7 Å². The summed E-state index contributed by atoms with van der Waals surface area (Å²) in [6.07, 6.45) is 6.94. The van der Waals surface area contributed by atoms with E-state index >= 15 is 0 Å². The van der Waals surface area contributed by atoms with Crippen molar-refractivity contribution in [1.29, 1.82) is 0 Å². The van der Waals surface area contributed by atoms with Gasteiger partial charge in [0.15, 0.2) is 0 Å². The van der Waals surface area contributed by atoms with Gasteiger partial charge in [0, 0.05) is 12.0 Å². The molecule has 1 aliphatic heterocycles. The number of hydrogen-bond donors (Lipinski definition) is 0. The highest BCUT2D eigenvalue weighted by atomic mass is 16.6. The van der Waals surface area contributed by atoms with Crippen LogP contribution >= 0.6 is 0 Å². The van der Waals surface area contributed by atoms with Crippen LogP contribution in [0.4, 0.5) is 0 Å². The second kappa shape index (κ2) is 3.35. The fourth-order valence-electron chi connectivity index (χ4n) is 5.05. The van der Waals surface area contributed by atoms with Crippen molar-refractivity contribution in [2.45, 2.75) is 44.0 Å². The molecule has 0 amide bonds. The standard InChI is InChI=1S/C14H18O3/c1-2-11(15)17-13-8-6-9-12-7(8)4-3-5-10(12)16-14(9)13/h2,7-10,12-14H,1,3-6H2. The number of carbonyl (C=O) groups excluding carboxylic acids is 1. The molecule has 0 N–H and O–H groups in total. The van der Waals surface area contributed by atoms with Crippen molar-refractivity contribution in [2.75, 3.05) is 0 Å². The topological polar surface area (TPSA) is 35.5 Å². The van der Waals surface area contributed by atoms with Crippen LogP contribution in [0.15, 0.2) is 12.7 Å². The molecule has 3 aliphatic carbocycles. The van der Waals surface area contributed by atoms with Crippen LogP contribution in [0.3, 0.4) is 0 Å². The first-order chi connectivity index (χ1) is 8.29. The van der Waals surface area contributed by atoms with Crippen LogP contribution in [-0.2, 0) is 14.3 Å². The average Bonchev–Trinajstić information content (AvgIpc) is 2.97. The molecular weight excluding hydrogens is 216 g/mol. The molecule has 1 heterocycles. The molecule has 7 unspecified atom stereocenters. The van der Waals surface area contributed by atoms with Gasteiger partial charge in [-0.25, -0.2) is 4.79 Å². The van der Waals surface area contributed by atoms with Crippen molar-refractivity contribution >= 4 is 5.97 Å². The summed E-state index contributed by atoms with van der Waals surface area (Å²) in [6.45, 7) is 3.48. The van der Waals surface area contributed by atoms with Crippen molar-refractivity contribution < 1.29 is 14.3 Å². The number of rotatable bonds is 2. The molecule has 3 saturated carbocycles. The summed E-state index contributed by atoms with van der Waals surface area (Å²) in [5.74, 6) is 2.46. The number of esters is 1. The molecule has 7 atom stereocenters. The molecule has 4 aliphatic rings. The summed E-state index contributed by atoms with van der Waals surface area (Å²) in [5, 5.41) is 0. The summed E-state index contributed by atoms with van der Waals surface area (Å²) in [4.78, 5) is 11.4. The summed E-state index contributed by atoms with van der Waals surface area (Å²) in [5.41, 5.74) is 0. The number of fused-ring (bicyclic) bond motifs is 2. The highest BCUT2D eigenvalue weighted by molar-refractivity contribution is 5.81. The second-order valence-electron chi connectivity index (χ2n) is 5.98. The maximum absolute atomic E-state index is 11.4. The van der Waals surface area contributed by atoms with E-state index in [9.17, 15) is 4.79 Å². The molecule has 3 heteroatoms. The summed E-state index contributed by atoms with van der Waals surface area (Å²) in [7, 11) is 0. The molecule has 0 aromatic carbocycles. The van der Waals surface area contributed by atoms with Gasteiger partial charge in [-0.3, -0.25) is 0 Å². The lowest BCUT2D eigenvalue weighted by atomic mass is 9.70. The van der Waals surface area contributed by atoms with E-state index in [4.69, 9.17) is 9.47 Å². The Hall–Kier alpha value is -0.830. The molecule has 1 saturated heterocycles. The normalized spacial score (nSPS) is 53.8. The molecule has 17 heavy (non-hydrogen) atoms. The Bertz CT molecular complexity index is 378. The van der Waals surface area contributed by atoms with Crippen molar-refractivity contribution in [3.05, 3.63) is 12.7 Å². The van der Waals surface area contributed by atoms with Gasteiger partial charge in [0.05, 0.1) is 12.2 Å². The first-order valence-corrected chi connectivity index (χ1v) is 6.78. The molecule has 0 aromatic rings. The van der Waals surface area contributed by atoms with E-state index < -0.39 is 0 Å². The first kappa shape index (κ1) is 10.1. The molecule has 3 nitrogen and oxygen atoms in total. The number of carbonyl (C=O) groups is 1. The summed E-state index contributed by atoms with van der Waals surface area (Å²) < 4.78 is 11.7. The third kappa shape index (κ3) is 1.18. The fourth-order valence-corrected chi connectivity index (χ4v) is 5.05. The maximum Gasteiger partial charge on any atom is 0.330 e. The Morgan fingerprint density at radius 2 is 2.18 bits per heavy atom. The molecular formula is C14H18O3. The van der Waals surface area contributed by atoms with Gasteiger partial charge >= 0.3 is 5.97 Å². The van der Waals surface area contributed by atoms with Gasteiger partial charge in [-0.1, -0.05) is 13.0 Å². The van der Waals surface area contributed by atoms with Gasteiger partial charge in [0.2, 0.25) is 0 Å². The fraction of sp³-hybridized carbons (Fsp3) is 0.786. The minimum Gasteiger partial charge on any atom is -0.456 e. The Morgan fingerprint density at radius 1 is 1.29 bits per heavy atom. The molecule has 0 spiro atoms. The molecule has 4 rings (SSSR count). The van der Waals surface area contributed by atoms with Crippen molar-refractivity contribution in [3.63, 3.8) is 0 Å². The van der Waals surface area contributed by atoms with Gasteiger partial charge in [-0.05, 0) is 37.0 Å². The van der Waals surface area contributed by atoms with Crippen molar-refractivity contribution in [1.82, 2.24) is 0 Å². The van der Waals surface area contributed by atoms with Crippen LogP contribution in [0.1, 0.15) is 25.7 Å². The highest BCUT2D eigenvalue weighted by Crippen LogP contribution is 2.63. The molecule has 4 fully saturated rings. The van der Waals surface area contributed by atoms with E-state index in [-0.39, 0.29) is 18.2 Å². The summed E-state index contributed by atoms with van der Waals surface area (Å²) in [6, 6.07) is 0. The number of ether oxygens (including phenoxy) is 2. The number of hydrogen-bond acceptors (Lipinski definition) is 3. The van der Waals surface area contributed by atoms with Gasteiger partial charge in [0.1, 0.15) is 6.10 Å². The van der Waals surface area contributed by atoms with E-state index in [1.165, 1.54) is 31.8 Å². The SMILES string of the molecule is C=CC(=O)OC1C2CC3C1OC1CCCC2C13. The zero-order valence-corrected chi connectivity index (χ0v) is 9.88. The predicted octanol–water partition coefficient (Wildman–Crippen LogP) is 1.92. The summed E-state index contributed by atoms with van der Waals surface area (Å²) >= 11 is 0. The molecule has 0 aromatic heterocycles. The van der Waals surface area contributed by atoms with Crippen LogP contribution in [0.2, 0.25) is 0 Å². The third-order valence-corrected chi connectivity index (χ3v) is 5.46. The smallest absolute Gasteiger partial charge is 0.330 e. The van der Waals surface area contributed by atoms with E-state index in [2.05, 4.69) is 6.58 Å². The van der Waals surface area contributed by atoms with E-state index in [0.29, 0.717) is 17.9 Å². The lowest BCUT2D eigenvalue weighted by Gasteiger charge is -2.35. The lowest BCUT2D eigenvalue weighted by molar-refractivity contribution is -0.153. The van der Waals surface area contributed by atoms with Gasteiger partial charge in [-0.2, -0.15) is 0 Å². The highest BCUT2D eigenvalue weighted by Gasteiger charge is 2.67. The maximum atomic E-state index is 11.4. The monoisotopic (exact) mass is 234 g/mol. The van der Waals surface area contributed by atoms with Crippen LogP contribution in [0, 0.1) is 23.7 Å². The van der Waals surface area contributed by atoms with E-state index in [0.717, 1.165) is 11.8 Å². The van der Waals surface area contributed by atoms with Crippen LogP contribution in [-0.4, -0.2) is 24.3 Å². The zero-order valence-electron chi connectivity index (χ0n) is 9.88. The van der Waals surface area contributed by atoms with Crippen LogP contribution in [0.25, 0.3) is 0 Å². The third-order valence-electron chi connectivity index (χ3n) is 5.46. The minimum atomic E-state index is -0.288. The Labute approximate surface area is 101 Å². The largest absolute Gasteiger partial charge is 0.456 e. The Kier molecular flexibility index (Phi) is 1.99. The molecule has 0 radical (unpaired) electrons. The van der Waals surface area contributed by atoms with Gasteiger partial charge in [0.25, 0.3) is 0 Å². The van der Waals surface area contributed by atoms with E-state index in [1.807, 2.05) is 0 Å². The van der Waals surface area contributed by atoms with Crippen molar-refractivity contribution in [3.8, 4) is 0 Å². The quantitative estimate of drug-likeness (QED) is 0.541. The Morgan fingerprint density at radius 3 is 3.00 bits per heavy atom. The lowest BCUT2D eigenvalue weighted by Crippen LogP contribution is -2.41. The predicted molar refractivity (Wildman–Crippen MR) is 61.2 cm³/mol.